The molecule has 158 valence electrons. The van der Waals surface area contributed by atoms with Crippen LogP contribution in [0.1, 0.15) is 26.5 Å². The highest BCUT2D eigenvalue weighted by atomic mass is 32.1. The van der Waals surface area contributed by atoms with Gasteiger partial charge in [0.1, 0.15) is 21.3 Å². The first-order valence-electron chi connectivity index (χ1n) is 10.1. The molecule has 0 aliphatic heterocycles. The maximum atomic E-state index is 12.6. The molecule has 1 N–H and O–H groups in total. The quantitative estimate of drug-likeness (QED) is 0.445. The summed E-state index contributed by atoms with van der Waals surface area (Å²) in [5, 5.41) is 8.37. The predicted octanol–water partition coefficient (Wildman–Crippen LogP) is 4.50. The molecule has 0 spiro atoms. The minimum absolute atomic E-state index is 0.107. The van der Waals surface area contributed by atoms with Crippen LogP contribution in [0.15, 0.2) is 66.9 Å². The molecule has 2 heterocycles. The van der Waals surface area contributed by atoms with Crippen LogP contribution in [0.5, 0.6) is 5.75 Å². The Kier molecular flexibility index (Phi) is 6.43. The molecule has 6 nitrogen and oxygen atoms in total. The first-order chi connectivity index (χ1) is 15.1. The molecule has 0 saturated heterocycles. The van der Waals surface area contributed by atoms with E-state index in [0.717, 1.165) is 40.7 Å². The number of amides is 1. The van der Waals surface area contributed by atoms with Crippen LogP contribution in [0.3, 0.4) is 0 Å². The van der Waals surface area contributed by atoms with Crippen molar-refractivity contribution in [1.29, 1.82) is 0 Å². The van der Waals surface area contributed by atoms with Gasteiger partial charge in [0.05, 0.1) is 12.8 Å². The van der Waals surface area contributed by atoms with Gasteiger partial charge in [0.15, 0.2) is 0 Å². The summed E-state index contributed by atoms with van der Waals surface area (Å²) < 4.78 is 7.11. The molecule has 1 amide bonds. The van der Waals surface area contributed by atoms with E-state index in [2.05, 4.69) is 27.5 Å². The monoisotopic (exact) mass is 432 g/mol. The van der Waals surface area contributed by atoms with Gasteiger partial charge >= 0.3 is 0 Å². The van der Waals surface area contributed by atoms with Gasteiger partial charge in [-0.1, -0.05) is 42.5 Å². The highest BCUT2D eigenvalue weighted by Crippen LogP contribution is 2.27. The van der Waals surface area contributed by atoms with Crippen LogP contribution in [0.4, 0.5) is 0 Å². The number of methoxy groups -OCH3 is 1. The molecular weight excluding hydrogens is 408 g/mol. The molecule has 31 heavy (non-hydrogen) atoms. The Morgan fingerprint density at radius 1 is 1.06 bits per heavy atom. The average Bonchev–Trinajstić information content (AvgIpc) is 3.44. The number of ether oxygens (including phenoxy) is 1. The first kappa shape index (κ1) is 20.8. The lowest BCUT2D eigenvalue weighted by Crippen LogP contribution is -2.22. The third-order valence-electron chi connectivity index (χ3n) is 4.95. The van der Waals surface area contributed by atoms with Crippen LogP contribution < -0.4 is 10.1 Å². The van der Waals surface area contributed by atoms with E-state index in [9.17, 15) is 4.79 Å². The van der Waals surface area contributed by atoms with Crippen LogP contribution in [0.2, 0.25) is 0 Å². The topological polar surface area (TPSA) is 69.0 Å². The van der Waals surface area contributed by atoms with E-state index >= 15 is 0 Å². The molecule has 2 aromatic heterocycles. The highest BCUT2D eigenvalue weighted by Gasteiger charge is 2.17. The normalized spacial score (nSPS) is 10.8. The van der Waals surface area contributed by atoms with Crippen molar-refractivity contribution >= 4 is 17.2 Å². The Morgan fingerprint density at radius 3 is 2.58 bits per heavy atom. The smallest absolute Gasteiger partial charge is 0.263 e. The molecule has 0 unspecified atom stereocenters. The van der Waals surface area contributed by atoms with Gasteiger partial charge in [0, 0.05) is 19.3 Å². The lowest BCUT2D eigenvalue weighted by molar-refractivity contribution is 0.0954. The molecule has 0 bridgehead atoms. The number of thiazole rings is 1. The molecule has 7 heteroatoms. The first-order valence-corrected chi connectivity index (χ1v) is 10.9. The Morgan fingerprint density at radius 2 is 1.84 bits per heavy atom. The van der Waals surface area contributed by atoms with Crippen molar-refractivity contribution in [3.63, 3.8) is 0 Å². The minimum Gasteiger partial charge on any atom is -0.497 e. The van der Waals surface area contributed by atoms with E-state index in [1.54, 1.807) is 7.11 Å². The molecule has 4 rings (SSSR count). The summed E-state index contributed by atoms with van der Waals surface area (Å²) in [6.07, 6.45) is 2.82. The van der Waals surface area contributed by atoms with E-state index in [1.165, 1.54) is 16.9 Å². The van der Waals surface area contributed by atoms with Gasteiger partial charge in [-0.25, -0.2) is 4.98 Å². The number of aromatic nitrogens is 3. The number of rotatable bonds is 8. The van der Waals surface area contributed by atoms with Crippen molar-refractivity contribution in [1.82, 2.24) is 20.1 Å². The second-order valence-electron chi connectivity index (χ2n) is 7.16. The summed E-state index contributed by atoms with van der Waals surface area (Å²) in [6.45, 7) is 3.12. The Hall–Kier alpha value is -3.45. The third kappa shape index (κ3) is 5.19. The number of hydrogen-bond acceptors (Lipinski definition) is 5. The fourth-order valence-corrected chi connectivity index (χ4v) is 4.16. The summed E-state index contributed by atoms with van der Waals surface area (Å²) in [4.78, 5) is 17.8. The van der Waals surface area contributed by atoms with Gasteiger partial charge in [-0.2, -0.15) is 5.10 Å². The fourth-order valence-electron chi connectivity index (χ4n) is 3.21. The molecule has 2 aromatic carbocycles. The van der Waals surface area contributed by atoms with Crippen molar-refractivity contribution in [2.45, 2.75) is 26.4 Å². The molecule has 0 fully saturated rings. The summed E-state index contributed by atoms with van der Waals surface area (Å²) in [5.41, 5.74) is 3.79. The van der Waals surface area contributed by atoms with Crippen LogP contribution in [0, 0.1) is 6.92 Å². The van der Waals surface area contributed by atoms with Crippen molar-refractivity contribution in [2.75, 3.05) is 7.11 Å². The van der Waals surface area contributed by atoms with Gasteiger partial charge in [-0.05, 0) is 42.7 Å². The van der Waals surface area contributed by atoms with Crippen LogP contribution in [0.25, 0.3) is 10.7 Å². The Labute approximate surface area is 185 Å². The van der Waals surface area contributed by atoms with E-state index in [0.29, 0.717) is 11.4 Å². The number of benzene rings is 2. The average molecular weight is 433 g/mol. The molecule has 0 atom stereocenters. The van der Waals surface area contributed by atoms with E-state index in [1.807, 2.05) is 66.3 Å². The lowest BCUT2D eigenvalue weighted by Gasteiger charge is -2.04. The van der Waals surface area contributed by atoms with E-state index in [4.69, 9.17) is 4.74 Å². The number of aryl methyl sites for hydroxylation is 3. The third-order valence-corrected chi connectivity index (χ3v) is 6.13. The standard InChI is InChI=1S/C24H24N4O2S/c1-17-22(23(29)25-16-19-6-4-3-5-7-19)31-24(26-17)21-13-15-28(27-21)14-12-18-8-10-20(30-2)11-9-18/h3-11,13,15H,12,14,16H2,1-2H3,(H,25,29). The summed E-state index contributed by atoms with van der Waals surface area (Å²) in [7, 11) is 1.67. The summed E-state index contributed by atoms with van der Waals surface area (Å²) in [5.74, 6) is 0.747. The number of carbonyl (C=O) groups is 1. The molecule has 4 aromatic rings. The molecule has 0 saturated carbocycles. The number of nitrogens with one attached hydrogen (secondary N) is 1. The van der Waals surface area contributed by atoms with Crippen molar-refractivity contribution in [3.8, 4) is 16.5 Å². The van der Waals surface area contributed by atoms with Crippen LogP contribution in [-0.4, -0.2) is 27.8 Å². The molecule has 0 aliphatic carbocycles. The predicted molar refractivity (Wildman–Crippen MR) is 122 cm³/mol. The number of carbonyl (C=O) groups excluding carboxylic acids is 1. The number of nitrogens with zero attached hydrogens (tertiary/aromatic N) is 3. The molecular formula is C24H24N4O2S. The van der Waals surface area contributed by atoms with Gasteiger partial charge in [0.2, 0.25) is 0 Å². The maximum Gasteiger partial charge on any atom is 0.263 e. The zero-order valence-electron chi connectivity index (χ0n) is 17.5. The maximum absolute atomic E-state index is 12.6. The van der Waals surface area contributed by atoms with Gasteiger partial charge in [0.25, 0.3) is 5.91 Å². The summed E-state index contributed by atoms with van der Waals surface area (Å²) in [6, 6.07) is 19.9. The molecule has 0 aliphatic rings. The SMILES string of the molecule is COc1ccc(CCn2ccc(-c3nc(C)c(C(=O)NCc4ccccc4)s3)n2)cc1. The summed E-state index contributed by atoms with van der Waals surface area (Å²) >= 11 is 1.37. The second-order valence-corrected chi connectivity index (χ2v) is 8.16. The number of hydrogen-bond donors (Lipinski definition) is 1. The fraction of sp³-hybridized carbons (Fsp3) is 0.208. The highest BCUT2D eigenvalue weighted by molar-refractivity contribution is 7.17. The van der Waals surface area contributed by atoms with E-state index in [-0.39, 0.29) is 5.91 Å². The second kappa shape index (κ2) is 9.57. The molecule has 0 radical (unpaired) electrons. The lowest BCUT2D eigenvalue weighted by atomic mass is 10.1. The largest absolute Gasteiger partial charge is 0.497 e. The Balaban J connectivity index is 1.38. The zero-order valence-corrected chi connectivity index (χ0v) is 18.4. The van der Waals surface area contributed by atoms with Gasteiger partial charge < -0.3 is 10.1 Å². The van der Waals surface area contributed by atoms with Crippen molar-refractivity contribution < 1.29 is 9.53 Å². The Bertz CT molecular complexity index is 1150. The van der Waals surface area contributed by atoms with Crippen molar-refractivity contribution in [2.24, 2.45) is 0 Å². The zero-order chi connectivity index (χ0) is 21.6. The minimum atomic E-state index is -0.107. The van der Waals surface area contributed by atoms with Gasteiger partial charge in [-0.3, -0.25) is 9.48 Å². The van der Waals surface area contributed by atoms with E-state index < -0.39 is 0 Å². The van der Waals surface area contributed by atoms with Crippen LogP contribution in [-0.2, 0) is 19.5 Å². The van der Waals surface area contributed by atoms with Gasteiger partial charge in [-0.15, -0.1) is 11.3 Å². The van der Waals surface area contributed by atoms with Crippen LogP contribution >= 0.6 is 11.3 Å². The van der Waals surface area contributed by atoms with Crippen molar-refractivity contribution in [3.05, 3.63) is 88.6 Å².